The Morgan fingerprint density at radius 3 is 2.58 bits per heavy atom. The van der Waals surface area contributed by atoms with E-state index in [-0.39, 0.29) is 11.3 Å². The van der Waals surface area contributed by atoms with Crippen LogP contribution in [0.25, 0.3) is 0 Å². The Hall–Kier alpha value is -2.89. The highest BCUT2D eigenvalue weighted by molar-refractivity contribution is 6.04. The predicted octanol–water partition coefficient (Wildman–Crippen LogP) is 5.25. The molecule has 0 unspecified atom stereocenters. The summed E-state index contributed by atoms with van der Waals surface area (Å²) in [6.45, 7) is 13.4. The minimum absolute atomic E-state index is 0.188. The van der Waals surface area contributed by atoms with Gasteiger partial charge in [0.25, 0.3) is 5.91 Å². The molecule has 0 radical (unpaired) electrons. The smallest absolute Gasteiger partial charge is 0.278 e. The largest absolute Gasteiger partial charge is 0.360 e. The van der Waals surface area contributed by atoms with Gasteiger partial charge in [0.15, 0.2) is 5.69 Å². The van der Waals surface area contributed by atoms with Crippen LogP contribution in [-0.2, 0) is 19.4 Å². The fourth-order valence-electron chi connectivity index (χ4n) is 4.39. The summed E-state index contributed by atoms with van der Waals surface area (Å²) < 4.78 is 7.46. The predicted molar refractivity (Wildman–Crippen MR) is 121 cm³/mol. The summed E-state index contributed by atoms with van der Waals surface area (Å²) in [5, 5.41) is 11.8. The van der Waals surface area contributed by atoms with Gasteiger partial charge in [0.2, 0.25) is 0 Å². The van der Waals surface area contributed by atoms with E-state index >= 15 is 0 Å². The van der Waals surface area contributed by atoms with Crippen LogP contribution in [0.3, 0.4) is 0 Å². The molecule has 0 bridgehead atoms. The molecule has 0 fully saturated rings. The molecule has 0 spiro atoms. The van der Waals surface area contributed by atoms with Crippen LogP contribution in [0.4, 0.5) is 5.69 Å². The van der Waals surface area contributed by atoms with Crippen molar-refractivity contribution in [3.63, 3.8) is 0 Å². The van der Waals surface area contributed by atoms with Crippen LogP contribution in [0.5, 0.6) is 0 Å². The molecule has 6 heteroatoms. The first kappa shape index (κ1) is 21.3. The number of nitrogens with zero attached hydrogens (tertiary/aromatic N) is 3. The molecule has 164 valence electrons. The first-order valence-corrected chi connectivity index (χ1v) is 11.0. The average molecular weight is 421 g/mol. The third-order valence-electron chi connectivity index (χ3n) is 6.55. The third kappa shape index (κ3) is 4.29. The molecule has 3 aromatic rings. The van der Waals surface area contributed by atoms with E-state index in [1.165, 1.54) is 11.1 Å². The first-order chi connectivity index (χ1) is 14.6. The molecule has 0 aliphatic heterocycles. The lowest BCUT2D eigenvalue weighted by atomic mass is 9.71. The lowest BCUT2D eigenvalue weighted by Gasteiger charge is -2.33. The van der Waals surface area contributed by atoms with Gasteiger partial charge >= 0.3 is 0 Å². The van der Waals surface area contributed by atoms with Gasteiger partial charge in [0.1, 0.15) is 5.76 Å². The van der Waals surface area contributed by atoms with Gasteiger partial charge < -0.3 is 9.84 Å². The normalized spacial score (nSPS) is 16.3. The van der Waals surface area contributed by atoms with Crippen molar-refractivity contribution in [3.05, 3.63) is 63.8 Å². The third-order valence-corrected chi connectivity index (χ3v) is 6.55. The summed E-state index contributed by atoms with van der Waals surface area (Å²) in [4.78, 5) is 13.1. The molecule has 1 aromatic carbocycles. The molecule has 2 aromatic heterocycles. The maximum Gasteiger partial charge on any atom is 0.278 e. The number of fused-ring (bicyclic) bond motifs is 1. The molecular formula is C25H32N4O2. The number of aryl methyl sites for hydroxylation is 3. The molecule has 4 rings (SSSR count). The zero-order valence-corrected chi connectivity index (χ0v) is 19.4. The molecule has 0 saturated carbocycles. The Balaban J connectivity index is 1.54. The zero-order chi connectivity index (χ0) is 22.3. The number of hydrogen-bond acceptors (Lipinski definition) is 4. The Labute approximate surface area is 184 Å². The number of carbonyl (C=O) groups excluding carboxylic acids is 1. The van der Waals surface area contributed by atoms with Gasteiger partial charge in [-0.3, -0.25) is 9.48 Å². The van der Waals surface area contributed by atoms with Crippen LogP contribution in [0.1, 0.15) is 71.5 Å². The van der Waals surface area contributed by atoms with Crippen molar-refractivity contribution in [3.8, 4) is 0 Å². The quantitative estimate of drug-likeness (QED) is 0.626. The second-order valence-electron chi connectivity index (χ2n) is 9.88. The lowest BCUT2D eigenvalue weighted by Crippen LogP contribution is -2.27. The first-order valence-electron chi connectivity index (χ1n) is 11.0. The molecular weight excluding hydrogens is 388 g/mol. The SMILES string of the molecule is Cc1ccc(Cn2nc(C)c(NC(=O)c3noc4c3C[C@@H](C(C)(C)C)CC4)c2C)cc1. The van der Waals surface area contributed by atoms with Crippen molar-refractivity contribution >= 4 is 11.6 Å². The standard InChI is InChI=1S/C25H32N4O2/c1-15-7-9-18(10-8-15)14-29-17(3)22(16(2)27-29)26-24(30)23-20-13-19(25(4,5)6)11-12-21(20)31-28-23/h7-10,19H,11-14H2,1-6H3,(H,26,30)/t19-/m0/s1. The van der Waals surface area contributed by atoms with Gasteiger partial charge in [-0.15, -0.1) is 0 Å². The number of nitrogens with one attached hydrogen (secondary N) is 1. The summed E-state index contributed by atoms with van der Waals surface area (Å²) in [5.74, 6) is 1.14. The number of aromatic nitrogens is 3. The second-order valence-corrected chi connectivity index (χ2v) is 9.88. The van der Waals surface area contributed by atoms with E-state index < -0.39 is 0 Å². The van der Waals surface area contributed by atoms with Crippen LogP contribution < -0.4 is 5.32 Å². The summed E-state index contributed by atoms with van der Waals surface area (Å²) in [7, 11) is 0. The maximum atomic E-state index is 13.1. The Morgan fingerprint density at radius 2 is 1.90 bits per heavy atom. The van der Waals surface area contributed by atoms with E-state index in [1.807, 2.05) is 18.5 Å². The molecule has 2 heterocycles. The van der Waals surface area contributed by atoms with Crippen molar-refractivity contribution in [1.29, 1.82) is 0 Å². The van der Waals surface area contributed by atoms with Crippen molar-refractivity contribution in [1.82, 2.24) is 14.9 Å². The minimum Gasteiger partial charge on any atom is -0.360 e. The van der Waals surface area contributed by atoms with Crippen LogP contribution in [0, 0.1) is 32.1 Å². The summed E-state index contributed by atoms with van der Waals surface area (Å²) >= 11 is 0. The second kappa shape index (κ2) is 7.98. The molecule has 1 atom stereocenters. The Bertz CT molecular complexity index is 1100. The van der Waals surface area contributed by atoms with Crippen molar-refractivity contribution in [2.75, 3.05) is 5.32 Å². The summed E-state index contributed by atoms with van der Waals surface area (Å²) in [6.07, 6.45) is 2.73. The van der Waals surface area contributed by atoms with E-state index in [0.717, 1.165) is 47.7 Å². The van der Waals surface area contributed by atoms with Gasteiger partial charge in [-0.2, -0.15) is 5.10 Å². The van der Waals surface area contributed by atoms with Crippen molar-refractivity contribution in [2.24, 2.45) is 11.3 Å². The van der Waals surface area contributed by atoms with Crippen LogP contribution in [0.15, 0.2) is 28.8 Å². The van der Waals surface area contributed by atoms with Crippen LogP contribution in [0.2, 0.25) is 0 Å². The van der Waals surface area contributed by atoms with Crippen molar-refractivity contribution in [2.45, 2.75) is 67.3 Å². The van der Waals surface area contributed by atoms with Gasteiger partial charge in [0.05, 0.1) is 23.6 Å². The number of hydrogen-bond donors (Lipinski definition) is 1. The molecule has 6 nitrogen and oxygen atoms in total. The van der Waals surface area contributed by atoms with E-state index in [1.54, 1.807) is 0 Å². The van der Waals surface area contributed by atoms with E-state index in [4.69, 9.17) is 4.52 Å². The fraction of sp³-hybridized carbons (Fsp3) is 0.480. The van der Waals surface area contributed by atoms with Crippen LogP contribution >= 0.6 is 0 Å². The maximum absolute atomic E-state index is 13.1. The highest BCUT2D eigenvalue weighted by atomic mass is 16.5. The molecule has 31 heavy (non-hydrogen) atoms. The topological polar surface area (TPSA) is 73.0 Å². The average Bonchev–Trinajstić information content (AvgIpc) is 3.25. The fourth-order valence-corrected chi connectivity index (χ4v) is 4.39. The van der Waals surface area contributed by atoms with E-state index in [9.17, 15) is 4.79 Å². The zero-order valence-electron chi connectivity index (χ0n) is 19.4. The van der Waals surface area contributed by atoms with E-state index in [0.29, 0.717) is 18.2 Å². The molecule has 1 amide bonds. The van der Waals surface area contributed by atoms with E-state index in [2.05, 4.69) is 67.5 Å². The Morgan fingerprint density at radius 1 is 1.19 bits per heavy atom. The number of amides is 1. The number of anilines is 1. The number of benzene rings is 1. The molecule has 1 aliphatic rings. The van der Waals surface area contributed by atoms with Gasteiger partial charge in [-0.05, 0) is 50.5 Å². The van der Waals surface area contributed by atoms with Crippen molar-refractivity contribution < 1.29 is 9.32 Å². The number of carbonyl (C=O) groups is 1. The van der Waals surface area contributed by atoms with Gasteiger partial charge in [-0.1, -0.05) is 55.8 Å². The molecule has 1 aliphatic carbocycles. The van der Waals surface area contributed by atoms with Crippen LogP contribution in [-0.4, -0.2) is 20.8 Å². The van der Waals surface area contributed by atoms with Gasteiger partial charge in [-0.25, -0.2) is 0 Å². The highest BCUT2D eigenvalue weighted by Gasteiger charge is 2.34. The minimum atomic E-state index is -0.222. The molecule has 0 saturated heterocycles. The molecule has 1 N–H and O–H groups in total. The summed E-state index contributed by atoms with van der Waals surface area (Å²) in [6, 6.07) is 8.42. The highest BCUT2D eigenvalue weighted by Crippen LogP contribution is 2.38. The Kier molecular flexibility index (Phi) is 5.50. The number of rotatable bonds is 4. The van der Waals surface area contributed by atoms with Gasteiger partial charge in [0, 0.05) is 12.0 Å². The lowest BCUT2D eigenvalue weighted by molar-refractivity contribution is 0.101. The summed E-state index contributed by atoms with van der Waals surface area (Å²) in [5.41, 5.74) is 6.44. The monoisotopic (exact) mass is 420 g/mol.